The lowest BCUT2D eigenvalue weighted by atomic mass is 10.3. The van der Waals surface area contributed by atoms with E-state index < -0.39 is 11.5 Å². The van der Waals surface area contributed by atoms with Gasteiger partial charge in [-0.15, -0.1) is 0 Å². The summed E-state index contributed by atoms with van der Waals surface area (Å²) in [5, 5.41) is 12.7. The fraction of sp³-hybridized carbons (Fsp3) is 0.0909. The Morgan fingerprint density at radius 2 is 2.28 bits per heavy atom. The van der Waals surface area contributed by atoms with Crippen LogP contribution in [0.15, 0.2) is 23.3 Å². The maximum atomic E-state index is 11.4. The molecule has 0 radical (unpaired) electrons. The minimum absolute atomic E-state index is 0.284. The van der Waals surface area contributed by atoms with E-state index in [4.69, 9.17) is 5.11 Å². The molecule has 2 aromatic rings. The van der Waals surface area contributed by atoms with Gasteiger partial charge in [-0.2, -0.15) is 5.10 Å². The molecule has 2 aromatic heterocycles. The van der Waals surface area contributed by atoms with Gasteiger partial charge in [-0.1, -0.05) is 0 Å². The second kappa shape index (κ2) is 4.66. The first-order chi connectivity index (χ1) is 8.58. The number of carboxylic acid groups (broad SMARTS) is 1. The van der Waals surface area contributed by atoms with Gasteiger partial charge in [0.2, 0.25) is 0 Å². The number of aromatic amines is 1. The summed E-state index contributed by atoms with van der Waals surface area (Å²) in [6, 6.07) is 1.79. The minimum Gasteiger partial charge on any atom is -0.477 e. The number of aryl methyl sites for hydroxylation is 1. The van der Waals surface area contributed by atoms with Gasteiger partial charge in [-0.3, -0.25) is 9.48 Å². The molecule has 0 fully saturated rings. The number of carbonyl (C=O) groups is 1. The Hall–Kier alpha value is -2.70. The number of carboxylic acids is 1. The number of nitrogens with zero attached hydrogens (tertiary/aromatic N) is 3. The van der Waals surface area contributed by atoms with Gasteiger partial charge in [0, 0.05) is 19.4 Å². The van der Waals surface area contributed by atoms with Gasteiger partial charge in [0.1, 0.15) is 11.4 Å². The molecule has 7 heteroatoms. The van der Waals surface area contributed by atoms with Gasteiger partial charge in [-0.05, 0) is 18.2 Å². The van der Waals surface area contributed by atoms with E-state index in [1.54, 1.807) is 36.1 Å². The number of aromatic carboxylic acids is 1. The van der Waals surface area contributed by atoms with Crippen molar-refractivity contribution in [2.24, 2.45) is 7.05 Å². The molecule has 0 atom stereocenters. The van der Waals surface area contributed by atoms with Crippen LogP contribution in [0.3, 0.4) is 0 Å². The molecular weight excluding hydrogens is 236 g/mol. The SMILES string of the molecule is Cn1nccc1C=Cc1ncc(C(=O)O)c(=O)[nH]1. The third-order valence-corrected chi connectivity index (χ3v) is 2.32. The fourth-order valence-corrected chi connectivity index (χ4v) is 1.36. The Morgan fingerprint density at radius 1 is 1.50 bits per heavy atom. The summed E-state index contributed by atoms with van der Waals surface area (Å²) in [6.45, 7) is 0. The molecule has 2 N–H and O–H groups in total. The first kappa shape index (κ1) is 11.8. The number of hydrogen-bond donors (Lipinski definition) is 2. The zero-order chi connectivity index (χ0) is 13.1. The van der Waals surface area contributed by atoms with Crippen molar-refractivity contribution in [1.29, 1.82) is 0 Å². The minimum atomic E-state index is -1.30. The summed E-state index contributed by atoms with van der Waals surface area (Å²) in [7, 11) is 1.78. The van der Waals surface area contributed by atoms with Gasteiger partial charge in [0.05, 0.1) is 5.69 Å². The number of nitrogens with one attached hydrogen (secondary N) is 1. The average Bonchev–Trinajstić information content (AvgIpc) is 2.72. The summed E-state index contributed by atoms with van der Waals surface area (Å²) < 4.78 is 1.65. The van der Waals surface area contributed by atoms with Crippen molar-refractivity contribution in [2.45, 2.75) is 0 Å². The zero-order valence-corrected chi connectivity index (χ0v) is 9.49. The number of hydrogen-bond acceptors (Lipinski definition) is 4. The highest BCUT2D eigenvalue weighted by atomic mass is 16.4. The van der Waals surface area contributed by atoms with Gasteiger partial charge < -0.3 is 10.1 Å². The molecule has 7 nitrogen and oxygen atoms in total. The van der Waals surface area contributed by atoms with Crippen molar-refractivity contribution >= 4 is 18.1 Å². The number of rotatable bonds is 3. The Morgan fingerprint density at radius 3 is 2.83 bits per heavy atom. The van der Waals surface area contributed by atoms with Gasteiger partial charge in [0.25, 0.3) is 5.56 Å². The van der Waals surface area contributed by atoms with E-state index in [0.29, 0.717) is 0 Å². The Balaban J connectivity index is 2.29. The van der Waals surface area contributed by atoms with Crippen molar-refractivity contribution in [2.75, 3.05) is 0 Å². The summed E-state index contributed by atoms with van der Waals surface area (Å²) in [5.74, 6) is -1.02. The molecule has 0 aromatic carbocycles. The molecule has 92 valence electrons. The van der Waals surface area contributed by atoms with Crippen LogP contribution in [0.5, 0.6) is 0 Å². The van der Waals surface area contributed by atoms with Crippen LogP contribution < -0.4 is 5.56 Å². The maximum absolute atomic E-state index is 11.4. The van der Waals surface area contributed by atoms with E-state index in [1.807, 2.05) is 0 Å². The normalized spacial score (nSPS) is 10.9. The van der Waals surface area contributed by atoms with Crippen LogP contribution in [0.1, 0.15) is 21.9 Å². The Labute approximate surface area is 101 Å². The van der Waals surface area contributed by atoms with Crippen LogP contribution in [0.4, 0.5) is 0 Å². The lowest BCUT2D eigenvalue weighted by molar-refractivity contribution is 0.0694. The first-order valence-electron chi connectivity index (χ1n) is 5.06. The average molecular weight is 246 g/mol. The summed E-state index contributed by atoms with van der Waals surface area (Å²) in [5.41, 5.74) is -0.227. The van der Waals surface area contributed by atoms with Gasteiger partial charge >= 0.3 is 5.97 Å². The third kappa shape index (κ3) is 2.34. The summed E-state index contributed by atoms with van der Waals surface area (Å²) in [4.78, 5) is 28.2. The van der Waals surface area contributed by atoms with E-state index in [2.05, 4.69) is 15.1 Å². The molecule has 2 rings (SSSR count). The first-order valence-corrected chi connectivity index (χ1v) is 5.06. The zero-order valence-electron chi connectivity index (χ0n) is 9.49. The van der Waals surface area contributed by atoms with Crippen LogP contribution in [-0.2, 0) is 7.05 Å². The molecule has 0 spiro atoms. The van der Waals surface area contributed by atoms with E-state index >= 15 is 0 Å². The van der Waals surface area contributed by atoms with Gasteiger partial charge in [0.15, 0.2) is 0 Å². The highest BCUT2D eigenvalue weighted by Gasteiger charge is 2.08. The van der Waals surface area contributed by atoms with E-state index in [0.717, 1.165) is 11.9 Å². The largest absolute Gasteiger partial charge is 0.477 e. The number of H-pyrrole nitrogens is 1. The van der Waals surface area contributed by atoms with E-state index in [-0.39, 0.29) is 11.4 Å². The molecule has 0 aliphatic heterocycles. The standard InChI is InChI=1S/C11H10N4O3/c1-15-7(4-5-13-15)2-3-9-12-6-8(11(17)18)10(16)14-9/h2-6H,1H3,(H,17,18)(H,12,14,16). The Bertz CT molecular complexity index is 669. The van der Waals surface area contributed by atoms with Crippen LogP contribution in [0.25, 0.3) is 12.2 Å². The van der Waals surface area contributed by atoms with Gasteiger partial charge in [-0.25, -0.2) is 9.78 Å². The summed E-state index contributed by atoms with van der Waals surface area (Å²) >= 11 is 0. The van der Waals surface area contributed by atoms with E-state index in [9.17, 15) is 9.59 Å². The maximum Gasteiger partial charge on any atom is 0.342 e. The predicted octanol–water partition coefficient (Wildman–Crippen LogP) is 0.372. The topological polar surface area (TPSA) is 101 Å². The van der Waals surface area contributed by atoms with Crippen molar-refractivity contribution in [3.63, 3.8) is 0 Å². The second-order valence-corrected chi connectivity index (χ2v) is 3.53. The quantitative estimate of drug-likeness (QED) is 0.814. The number of aromatic nitrogens is 4. The van der Waals surface area contributed by atoms with Crippen molar-refractivity contribution in [3.8, 4) is 0 Å². The lowest BCUT2D eigenvalue weighted by Gasteiger charge is -1.96. The van der Waals surface area contributed by atoms with Crippen LogP contribution in [-0.4, -0.2) is 30.8 Å². The predicted molar refractivity (Wildman–Crippen MR) is 64.0 cm³/mol. The molecule has 0 saturated heterocycles. The smallest absolute Gasteiger partial charge is 0.342 e. The molecule has 0 bridgehead atoms. The highest BCUT2D eigenvalue weighted by molar-refractivity contribution is 5.86. The molecule has 0 saturated carbocycles. The molecule has 18 heavy (non-hydrogen) atoms. The van der Waals surface area contributed by atoms with Crippen molar-refractivity contribution in [3.05, 3.63) is 45.9 Å². The monoisotopic (exact) mass is 246 g/mol. The molecule has 0 aliphatic carbocycles. The van der Waals surface area contributed by atoms with Crippen LogP contribution in [0.2, 0.25) is 0 Å². The van der Waals surface area contributed by atoms with Crippen molar-refractivity contribution in [1.82, 2.24) is 19.7 Å². The second-order valence-electron chi connectivity index (χ2n) is 3.53. The molecule has 0 aliphatic rings. The molecule has 0 amide bonds. The van der Waals surface area contributed by atoms with Crippen LogP contribution in [0, 0.1) is 0 Å². The molecule has 2 heterocycles. The van der Waals surface area contributed by atoms with Crippen LogP contribution >= 0.6 is 0 Å². The molecular formula is C11H10N4O3. The Kier molecular flexibility index (Phi) is 3.05. The molecule has 0 unspecified atom stereocenters. The highest BCUT2D eigenvalue weighted by Crippen LogP contribution is 2.02. The fourth-order valence-electron chi connectivity index (χ4n) is 1.36. The van der Waals surface area contributed by atoms with E-state index in [1.165, 1.54) is 0 Å². The van der Waals surface area contributed by atoms with Crippen molar-refractivity contribution < 1.29 is 9.90 Å². The lowest BCUT2D eigenvalue weighted by Crippen LogP contribution is -2.18. The third-order valence-electron chi connectivity index (χ3n) is 2.32. The summed E-state index contributed by atoms with van der Waals surface area (Å²) in [6.07, 6.45) is 5.96.